The Kier molecular flexibility index (Phi) is 7.58. The average molecular weight is 398 g/mol. The molecule has 1 aromatic heterocycles. The lowest BCUT2D eigenvalue weighted by molar-refractivity contribution is 0.105. The van der Waals surface area contributed by atoms with Crippen LogP contribution in [0.25, 0.3) is 0 Å². The number of anilines is 1. The molecule has 0 unspecified atom stereocenters. The Morgan fingerprint density at radius 2 is 2.08 bits per heavy atom. The van der Waals surface area contributed by atoms with Gasteiger partial charge >= 0.3 is 0 Å². The molecule has 0 atom stereocenters. The first-order valence-corrected chi connectivity index (χ1v) is 9.92. The number of thiocarbonyl (C=S) groups is 1. The molecule has 0 bridgehead atoms. The molecule has 0 aliphatic heterocycles. The van der Waals surface area contributed by atoms with E-state index in [0.717, 1.165) is 12.2 Å². The van der Waals surface area contributed by atoms with Crippen molar-refractivity contribution in [1.82, 2.24) is 9.62 Å². The van der Waals surface area contributed by atoms with E-state index in [0.29, 0.717) is 30.6 Å². The maximum Gasteiger partial charge on any atom is 0.242 e. The molecule has 9 heteroatoms. The Hall–Kier alpha value is -1.94. The van der Waals surface area contributed by atoms with Crippen molar-refractivity contribution >= 4 is 33.0 Å². The van der Waals surface area contributed by atoms with Crippen LogP contribution < -0.4 is 10.6 Å². The van der Waals surface area contributed by atoms with Crippen LogP contribution in [0.2, 0.25) is 0 Å². The number of nitrogens with zero attached hydrogens (tertiary/aromatic N) is 1. The fourth-order valence-electron chi connectivity index (χ4n) is 2.06. The molecule has 0 aliphatic carbocycles. The summed E-state index contributed by atoms with van der Waals surface area (Å²) in [5, 5.41) is 6.48. The molecule has 142 valence electrons. The van der Waals surface area contributed by atoms with E-state index in [1.165, 1.54) is 18.4 Å². The number of hydrogen-bond acceptors (Lipinski definition) is 5. The fourth-order valence-corrected chi connectivity index (χ4v) is 3.23. The minimum absolute atomic E-state index is 0.210. The van der Waals surface area contributed by atoms with Gasteiger partial charge in [-0.3, -0.25) is 0 Å². The summed E-state index contributed by atoms with van der Waals surface area (Å²) in [6, 6.07) is 10.2. The Balaban J connectivity index is 1.72. The van der Waals surface area contributed by atoms with Crippen LogP contribution in [-0.2, 0) is 21.4 Å². The number of rotatable bonds is 9. The van der Waals surface area contributed by atoms with Gasteiger partial charge < -0.3 is 19.8 Å². The molecule has 1 aromatic carbocycles. The summed E-state index contributed by atoms with van der Waals surface area (Å²) in [5.74, 6) is 0.794. The van der Waals surface area contributed by atoms with Crippen LogP contribution in [0.5, 0.6) is 0 Å². The maximum atomic E-state index is 12.2. The standard InChI is InChI=1S/C17H23N3O4S2/c1-20(2)26(21,22)16-8-3-6-14(12-16)19-17(25)18-9-5-10-23-13-15-7-4-11-24-15/h3-4,6-8,11-12H,5,9-10,13H2,1-2H3,(H2,18,19,25). The lowest BCUT2D eigenvalue weighted by Gasteiger charge is -2.14. The second-order valence-corrected chi connectivity index (χ2v) is 8.24. The van der Waals surface area contributed by atoms with E-state index in [1.807, 2.05) is 12.1 Å². The smallest absolute Gasteiger partial charge is 0.242 e. The number of sulfonamides is 1. The molecule has 0 fully saturated rings. The maximum absolute atomic E-state index is 12.2. The van der Waals surface area contributed by atoms with Gasteiger partial charge in [0.05, 0.1) is 11.2 Å². The first-order chi connectivity index (χ1) is 12.4. The second-order valence-electron chi connectivity index (χ2n) is 5.68. The van der Waals surface area contributed by atoms with Gasteiger partial charge in [-0.05, 0) is 49.0 Å². The SMILES string of the molecule is CN(C)S(=O)(=O)c1cccc(NC(=S)NCCCOCc2ccco2)c1. The van der Waals surface area contributed by atoms with Gasteiger partial charge in [-0.2, -0.15) is 0 Å². The summed E-state index contributed by atoms with van der Waals surface area (Å²) in [6.45, 7) is 1.66. The van der Waals surface area contributed by atoms with Crippen LogP contribution in [-0.4, -0.2) is 45.1 Å². The van der Waals surface area contributed by atoms with Crippen molar-refractivity contribution in [3.63, 3.8) is 0 Å². The highest BCUT2D eigenvalue weighted by Crippen LogP contribution is 2.17. The summed E-state index contributed by atoms with van der Waals surface area (Å²) in [4.78, 5) is 0.210. The summed E-state index contributed by atoms with van der Waals surface area (Å²) in [6.07, 6.45) is 2.39. The lowest BCUT2D eigenvalue weighted by Crippen LogP contribution is -2.30. The van der Waals surface area contributed by atoms with Crippen LogP contribution in [0.3, 0.4) is 0 Å². The molecule has 2 aromatic rings. The van der Waals surface area contributed by atoms with Crippen molar-refractivity contribution in [3.05, 3.63) is 48.4 Å². The van der Waals surface area contributed by atoms with Gasteiger partial charge in [0.15, 0.2) is 5.11 Å². The highest BCUT2D eigenvalue weighted by molar-refractivity contribution is 7.89. The molecule has 1 heterocycles. The van der Waals surface area contributed by atoms with Crippen molar-refractivity contribution < 1.29 is 17.6 Å². The van der Waals surface area contributed by atoms with E-state index in [-0.39, 0.29) is 4.90 Å². The topological polar surface area (TPSA) is 83.8 Å². The van der Waals surface area contributed by atoms with Gasteiger partial charge in [0.1, 0.15) is 12.4 Å². The minimum atomic E-state index is -3.48. The molecule has 0 radical (unpaired) electrons. The predicted molar refractivity (Wildman–Crippen MR) is 105 cm³/mol. The number of nitrogens with one attached hydrogen (secondary N) is 2. The Labute approximate surface area is 159 Å². The molecule has 2 rings (SSSR count). The van der Waals surface area contributed by atoms with Gasteiger partial charge in [0.2, 0.25) is 10.0 Å². The molecule has 0 spiro atoms. The van der Waals surface area contributed by atoms with E-state index < -0.39 is 10.0 Å². The fraction of sp³-hybridized carbons (Fsp3) is 0.353. The van der Waals surface area contributed by atoms with Crippen molar-refractivity contribution in [3.8, 4) is 0 Å². The molecule has 7 nitrogen and oxygen atoms in total. The number of ether oxygens (including phenoxy) is 1. The van der Waals surface area contributed by atoms with E-state index >= 15 is 0 Å². The molecule has 0 amide bonds. The summed E-state index contributed by atoms with van der Waals surface area (Å²) < 4.78 is 36.1. The Morgan fingerprint density at radius 1 is 1.27 bits per heavy atom. The van der Waals surface area contributed by atoms with Crippen LogP contribution in [0.1, 0.15) is 12.2 Å². The van der Waals surface area contributed by atoms with Crippen LogP contribution in [0.15, 0.2) is 52.0 Å². The Morgan fingerprint density at radius 3 is 2.77 bits per heavy atom. The van der Waals surface area contributed by atoms with E-state index in [9.17, 15) is 8.42 Å². The monoisotopic (exact) mass is 397 g/mol. The number of hydrogen-bond donors (Lipinski definition) is 2. The summed E-state index contributed by atoms with van der Waals surface area (Å²) >= 11 is 5.23. The van der Waals surface area contributed by atoms with Crippen molar-refractivity contribution in [2.45, 2.75) is 17.9 Å². The van der Waals surface area contributed by atoms with Crippen molar-refractivity contribution in [2.75, 3.05) is 32.6 Å². The van der Waals surface area contributed by atoms with Crippen LogP contribution in [0.4, 0.5) is 5.69 Å². The number of furan rings is 1. The van der Waals surface area contributed by atoms with E-state index in [1.54, 1.807) is 30.5 Å². The zero-order valence-electron chi connectivity index (χ0n) is 14.8. The first kappa shape index (κ1) is 20.4. The first-order valence-electron chi connectivity index (χ1n) is 8.07. The van der Waals surface area contributed by atoms with Gasteiger partial charge in [0.25, 0.3) is 0 Å². The number of benzene rings is 1. The van der Waals surface area contributed by atoms with Crippen LogP contribution >= 0.6 is 12.2 Å². The van der Waals surface area contributed by atoms with Crippen molar-refractivity contribution in [2.24, 2.45) is 0 Å². The third kappa shape index (κ3) is 6.10. The van der Waals surface area contributed by atoms with Crippen molar-refractivity contribution in [1.29, 1.82) is 0 Å². The molecular formula is C17H23N3O4S2. The van der Waals surface area contributed by atoms with Gasteiger partial charge in [0, 0.05) is 32.9 Å². The van der Waals surface area contributed by atoms with E-state index in [2.05, 4.69) is 10.6 Å². The molecule has 26 heavy (non-hydrogen) atoms. The molecule has 0 saturated carbocycles. The third-order valence-electron chi connectivity index (χ3n) is 3.45. The summed E-state index contributed by atoms with van der Waals surface area (Å²) in [5.41, 5.74) is 0.611. The molecule has 0 aliphatic rings. The zero-order valence-corrected chi connectivity index (χ0v) is 16.4. The predicted octanol–water partition coefficient (Wildman–Crippen LogP) is 2.42. The molecular weight excluding hydrogens is 374 g/mol. The zero-order chi connectivity index (χ0) is 19.0. The lowest BCUT2D eigenvalue weighted by atomic mass is 10.3. The van der Waals surface area contributed by atoms with Gasteiger partial charge in [-0.25, -0.2) is 12.7 Å². The average Bonchev–Trinajstić information content (AvgIpc) is 3.11. The highest BCUT2D eigenvalue weighted by Gasteiger charge is 2.17. The van der Waals surface area contributed by atoms with Gasteiger partial charge in [-0.1, -0.05) is 6.07 Å². The quantitative estimate of drug-likeness (QED) is 0.497. The minimum Gasteiger partial charge on any atom is -0.467 e. The molecule has 0 saturated heterocycles. The van der Waals surface area contributed by atoms with Gasteiger partial charge in [-0.15, -0.1) is 0 Å². The largest absolute Gasteiger partial charge is 0.467 e. The third-order valence-corrected chi connectivity index (χ3v) is 5.50. The van der Waals surface area contributed by atoms with Crippen LogP contribution in [0, 0.1) is 0 Å². The Bertz CT molecular complexity index is 805. The normalized spacial score (nSPS) is 11.5. The highest BCUT2D eigenvalue weighted by atomic mass is 32.2. The van der Waals surface area contributed by atoms with E-state index in [4.69, 9.17) is 21.4 Å². The molecule has 2 N–H and O–H groups in total. The second kappa shape index (κ2) is 9.67. The summed E-state index contributed by atoms with van der Waals surface area (Å²) in [7, 11) is -0.484.